The van der Waals surface area contributed by atoms with E-state index in [9.17, 15) is 5.11 Å². The topological polar surface area (TPSA) is 32.3 Å². The highest BCUT2D eigenvalue weighted by molar-refractivity contribution is 5.25. The van der Waals surface area contributed by atoms with Gasteiger partial charge in [0, 0.05) is 6.04 Å². The molecule has 0 amide bonds. The van der Waals surface area contributed by atoms with Crippen molar-refractivity contribution in [2.45, 2.75) is 57.5 Å². The van der Waals surface area contributed by atoms with E-state index in [1.807, 2.05) is 6.07 Å². The summed E-state index contributed by atoms with van der Waals surface area (Å²) in [6.07, 6.45) is 6.09. The van der Waals surface area contributed by atoms with Crippen LogP contribution in [-0.2, 0) is 5.54 Å². The summed E-state index contributed by atoms with van der Waals surface area (Å²) < 4.78 is 0. The molecule has 2 N–H and O–H groups in total. The third kappa shape index (κ3) is 3.58. The molecule has 0 aliphatic heterocycles. The third-order valence-electron chi connectivity index (χ3n) is 4.19. The molecule has 2 heteroatoms. The van der Waals surface area contributed by atoms with Gasteiger partial charge in [0.25, 0.3) is 0 Å². The monoisotopic (exact) mass is 261 g/mol. The van der Waals surface area contributed by atoms with Gasteiger partial charge in [0.1, 0.15) is 0 Å². The van der Waals surface area contributed by atoms with Gasteiger partial charge in [0.05, 0.1) is 12.1 Å². The van der Waals surface area contributed by atoms with Gasteiger partial charge in [0.15, 0.2) is 0 Å². The van der Waals surface area contributed by atoms with E-state index in [0.29, 0.717) is 12.0 Å². The predicted molar refractivity (Wildman–Crippen MR) is 80.1 cm³/mol. The lowest BCUT2D eigenvalue weighted by atomic mass is 9.82. The summed E-state index contributed by atoms with van der Waals surface area (Å²) in [5, 5.41) is 13.9. The summed E-state index contributed by atoms with van der Waals surface area (Å²) in [6.45, 7) is 4.62. The average Bonchev–Trinajstić information content (AvgIpc) is 2.91. The fourth-order valence-corrected chi connectivity index (χ4v) is 3.38. The molecule has 0 spiro atoms. The first-order valence-corrected chi connectivity index (χ1v) is 7.60. The van der Waals surface area contributed by atoms with Crippen LogP contribution in [0.3, 0.4) is 0 Å². The van der Waals surface area contributed by atoms with E-state index < -0.39 is 0 Å². The SMILES string of the molecule is CC(C)CC(CO)(NC1CCCC1)c1ccccc1. The van der Waals surface area contributed by atoms with Crippen molar-refractivity contribution < 1.29 is 5.11 Å². The molecule has 106 valence electrons. The zero-order valence-corrected chi connectivity index (χ0v) is 12.2. The van der Waals surface area contributed by atoms with Crippen molar-refractivity contribution in [1.82, 2.24) is 5.32 Å². The fourth-order valence-electron chi connectivity index (χ4n) is 3.38. The van der Waals surface area contributed by atoms with Gasteiger partial charge in [-0.25, -0.2) is 0 Å². The molecule has 1 atom stereocenters. The number of aliphatic hydroxyl groups excluding tert-OH is 1. The summed E-state index contributed by atoms with van der Waals surface area (Å²) in [7, 11) is 0. The first kappa shape index (κ1) is 14.5. The van der Waals surface area contributed by atoms with Gasteiger partial charge in [-0.1, -0.05) is 57.0 Å². The van der Waals surface area contributed by atoms with E-state index >= 15 is 0 Å². The van der Waals surface area contributed by atoms with Crippen LogP contribution in [0.4, 0.5) is 0 Å². The van der Waals surface area contributed by atoms with Crippen molar-refractivity contribution in [3.8, 4) is 0 Å². The van der Waals surface area contributed by atoms with Crippen molar-refractivity contribution in [3.05, 3.63) is 35.9 Å². The van der Waals surface area contributed by atoms with Crippen LogP contribution in [-0.4, -0.2) is 17.8 Å². The summed E-state index contributed by atoms with van der Waals surface area (Å²) >= 11 is 0. The summed E-state index contributed by atoms with van der Waals surface area (Å²) in [4.78, 5) is 0. The maximum atomic E-state index is 10.1. The predicted octanol–water partition coefficient (Wildman–Crippen LogP) is 3.45. The molecule has 1 aromatic carbocycles. The molecule has 2 nitrogen and oxygen atoms in total. The van der Waals surface area contributed by atoms with Gasteiger partial charge in [-0.15, -0.1) is 0 Å². The highest BCUT2D eigenvalue weighted by atomic mass is 16.3. The number of nitrogens with one attached hydrogen (secondary N) is 1. The standard InChI is InChI=1S/C17H27NO/c1-14(2)12-17(13-19,15-8-4-3-5-9-15)18-16-10-6-7-11-16/h3-5,8-9,14,16,18-19H,6-7,10-13H2,1-2H3. The van der Waals surface area contributed by atoms with Gasteiger partial charge in [-0.3, -0.25) is 0 Å². The molecular weight excluding hydrogens is 234 g/mol. The number of rotatable bonds is 6. The second-order valence-corrected chi connectivity index (χ2v) is 6.33. The minimum absolute atomic E-state index is 0.172. The quantitative estimate of drug-likeness (QED) is 0.822. The minimum Gasteiger partial charge on any atom is -0.394 e. The van der Waals surface area contributed by atoms with Crippen LogP contribution in [0, 0.1) is 5.92 Å². The van der Waals surface area contributed by atoms with Crippen LogP contribution in [0.2, 0.25) is 0 Å². The molecule has 1 unspecified atom stereocenters. The molecule has 1 saturated carbocycles. The zero-order valence-electron chi connectivity index (χ0n) is 12.2. The summed E-state index contributed by atoms with van der Waals surface area (Å²) in [6, 6.07) is 11.0. The second kappa shape index (κ2) is 6.53. The number of aliphatic hydroxyl groups is 1. The molecular formula is C17H27NO. The lowest BCUT2D eigenvalue weighted by molar-refractivity contribution is 0.124. The van der Waals surface area contributed by atoms with E-state index in [2.05, 4.69) is 43.4 Å². The maximum Gasteiger partial charge on any atom is 0.0673 e. The molecule has 1 aromatic rings. The molecule has 0 saturated heterocycles. The molecule has 19 heavy (non-hydrogen) atoms. The average molecular weight is 261 g/mol. The van der Waals surface area contributed by atoms with Crippen LogP contribution in [0.15, 0.2) is 30.3 Å². The van der Waals surface area contributed by atoms with Crippen LogP contribution in [0.25, 0.3) is 0 Å². The molecule has 2 rings (SSSR count). The zero-order chi connectivity index (χ0) is 13.7. The molecule has 0 bridgehead atoms. The van der Waals surface area contributed by atoms with Crippen molar-refractivity contribution in [3.63, 3.8) is 0 Å². The second-order valence-electron chi connectivity index (χ2n) is 6.33. The Bertz CT molecular complexity index is 370. The normalized spacial score (nSPS) is 19.8. The Kier molecular flexibility index (Phi) is 5.00. The highest BCUT2D eigenvalue weighted by Crippen LogP contribution is 2.31. The lowest BCUT2D eigenvalue weighted by Gasteiger charge is -2.38. The molecule has 1 aliphatic carbocycles. The van der Waals surface area contributed by atoms with Crippen molar-refractivity contribution >= 4 is 0 Å². The first-order valence-electron chi connectivity index (χ1n) is 7.60. The molecule has 1 aliphatic rings. The minimum atomic E-state index is -0.273. The van der Waals surface area contributed by atoms with Gasteiger partial charge < -0.3 is 10.4 Å². The van der Waals surface area contributed by atoms with E-state index in [-0.39, 0.29) is 12.1 Å². The number of hydrogen-bond donors (Lipinski definition) is 2. The van der Waals surface area contributed by atoms with Gasteiger partial charge >= 0.3 is 0 Å². The van der Waals surface area contributed by atoms with Crippen molar-refractivity contribution in [1.29, 1.82) is 0 Å². The smallest absolute Gasteiger partial charge is 0.0673 e. The van der Waals surface area contributed by atoms with Gasteiger partial charge in [-0.2, -0.15) is 0 Å². The first-order chi connectivity index (χ1) is 9.16. The van der Waals surface area contributed by atoms with Crippen LogP contribution in [0.5, 0.6) is 0 Å². The highest BCUT2D eigenvalue weighted by Gasteiger charge is 2.35. The third-order valence-corrected chi connectivity index (χ3v) is 4.19. The summed E-state index contributed by atoms with van der Waals surface area (Å²) in [5.74, 6) is 0.557. The summed E-state index contributed by atoms with van der Waals surface area (Å²) in [5.41, 5.74) is 0.947. The largest absolute Gasteiger partial charge is 0.394 e. The van der Waals surface area contributed by atoms with E-state index in [1.165, 1.54) is 31.2 Å². The fraction of sp³-hybridized carbons (Fsp3) is 0.647. The van der Waals surface area contributed by atoms with Crippen LogP contribution < -0.4 is 5.32 Å². The molecule has 1 fully saturated rings. The Morgan fingerprint density at radius 1 is 1.21 bits per heavy atom. The molecule has 0 heterocycles. The Morgan fingerprint density at radius 3 is 2.37 bits per heavy atom. The number of hydrogen-bond acceptors (Lipinski definition) is 2. The number of benzene rings is 1. The maximum absolute atomic E-state index is 10.1. The molecule has 0 aromatic heterocycles. The van der Waals surface area contributed by atoms with Gasteiger partial charge in [0.2, 0.25) is 0 Å². The van der Waals surface area contributed by atoms with E-state index in [4.69, 9.17) is 0 Å². The Hall–Kier alpha value is -0.860. The van der Waals surface area contributed by atoms with Crippen molar-refractivity contribution in [2.75, 3.05) is 6.61 Å². The van der Waals surface area contributed by atoms with E-state index in [1.54, 1.807) is 0 Å². The Balaban J connectivity index is 2.24. The van der Waals surface area contributed by atoms with Crippen LogP contribution in [0.1, 0.15) is 51.5 Å². The Labute approximate surface area is 117 Å². The van der Waals surface area contributed by atoms with Crippen molar-refractivity contribution in [2.24, 2.45) is 5.92 Å². The molecule has 0 radical (unpaired) electrons. The van der Waals surface area contributed by atoms with E-state index in [0.717, 1.165) is 6.42 Å². The van der Waals surface area contributed by atoms with Gasteiger partial charge in [-0.05, 0) is 30.7 Å². The lowest BCUT2D eigenvalue weighted by Crippen LogP contribution is -2.50. The Morgan fingerprint density at radius 2 is 1.84 bits per heavy atom. The van der Waals surface area contributed by atoms with Crippen LogP contribution >= 0.6 is 0 Å².